The fraction of sp³-hybridized carbons (Fsp3) is 0.776. The summed E-state index contributed by atoms with van der Waals surface area (Å²) in [5.41, 5.74) is 1.59. The molecule has 2 saturated heterocycles. The van der Waals surface area contributed by atoms with Crippen LogP contribution in [-0.4, -0.2) is 127 Å². The summed E-state index contributed by atoms with van der Waals surface area (Å²) in [5, 5.41) is 23.9. The van der Waals surface area contributed by atoms with Gasteiger partial charge in [0.1, 0.15) is 30.1 Å². The van der Waals surface area contributed by atoms with Gasteiger partial charge in [-0.25, -0.2) is 4.79 Å². The van der Waals surface area contributed by atoms with E-state index >= 15 is 0 Å². The van der Waals surface area contributed by atoms with Crippen LogP contribution in [0.15, 0.2) is 36.0 Å². The Kier molecular flexibility index (Phi) is 19.8. The minimum Gasteiger partial charge on any atom is -0.459 e. The highest BCUT2D eigenvalue weighted by Gasteiger charge is 2.56. The Morgan fingerprint density at radius 1 is 0.968 bits per heavy atom. The van der Waals surface area contributed by atoms with Crippen LogP contribution >= 0.6 is 0 Å². The third kappa shape index (κ3) is 13.0. The molecule has 0 aromatic heterocycles. The molecule has 0 spiro atoms. The molecule has 1 amide bonds. The number of hydrogen-bond donors (Lipinski definition) is 2. The van der Waals surface area contributed by atoms with Crippen LogP contribution in [0.5, 0.6) is 0 Å². The van der Waals surface area contributed by atoms with Gasteiger partial charge in [0.2, 0.25) is 5.79 Å². The van der Waals surface area contributed by atoms with Crippen LogP contribution in [0.3, 0.4) is 0 Å². The van der Waals surface area contributed by atoms with Crippen molar-refractivity contribution in [1.82, 2.24) is 4.90 Å². The highest BCUT2D eigenvalue weighted by Crippen LogP contribution is 2.39. The number of nitrogens with zero attached hydrogens (tertiary/aromatic N) is 1. The number of hydrogen-bond acceptors (Lipinski definition) is 13. The van der Waals surface area contributed by atoms with Gasteiger partial charge in [-0.05, 0) is 102 Å². The van der Waals surface area contributed by atoms with Gasteiger partial charge >= 0.3 is 11.9 Å². The van der Waals surface area contributed by atoms with Crippen molar-refractivity contribution < 1.29 is 62.6 Å². The lowest BCUT2D eigenvalue weighted by Gasteiger charge is -2.47. The molecule has 2 N–H and O–H groups in total. The number of carbonyl (C=O) groups excluding carboxylic acids is 5. The van der Waals surface area contributed by atoms with Gasteiger partial charge in [-0.15, -0.1) is 6.58 Å². The number of carbonyl (C=O) groups is 5. The van der Waals surface area contributed by atoms with Crippen LogP contribution in [0.4, 0.5) is 0 Å². The maximum absolute atomic E-state index is 14.5. The molecule has 3 aliphatic heterocycles. The van der Waals surface area contributed by atoms with Gasteiger partial charge < -0.3 is 43.5 Å². The molecule has 4 rings (SSSR count). The minimum absolute atomic E-state index is 0.00179. The number of esters is 2. The number of Topliss-reactive ketones (excluding diaryl/α,β-unsaturated/α-hetero) is 2. The smallest absolute Gasteiger partial charge is 0.329 e. The summed E-state index contributed by atoms with van der Waals surface area (Å²) in [6, 6.07) is -1.17. The van der Waals surface area contributed by atoms with Gasteiger partial charge in [0.15, 0.2) is 0 Å². The molecule has 1 unspecified atom stereocenters. The second-order valence-corrected chi connectivity index (χ2v) is 19.0. The minimum atomic E-state index is -2.53. The summed E-state index contributed by atoms with van der Waals surface area (Å²) in [6.45, 7) is 16.9. The predicted molar refractivity (Wildman–Crippen MR) is 236 cm³/mol. The molecular formula is C49H77NO13. The van der Waals surface area contributed by atoms with Gasteiger partial charge in [-0.1, -0.05) is 58.4 Å². The molecule has 1 aliphatic carbocycles. The van der Waals surface area contributed by atoms with Gasteiger partial charge in [0.25, 0.3) is 11.7 Å². The second-order valence-electron chi connectivity index (χ2n) is 19.0. The lowest BCUT2D eigenvalue weighted by Crippen LogP contribution is -2.64. The van der Waals surface area contributed by atoms with E-state index in [0.29, 0.717) is 63.4 Å². The molecule has 1 saturated carbocycles. The van der Waals surface area contributed by atoms with E-state index in [2.05, 4.69) is 6.58 Å². The average Bonchev–Trinajstić information content (AvgIpc) is 3.26. The molecule has 0 aromatic rings. The Bertz CT molecular complexity index is 1660. The Labute approximate surface area is 375 Å². The number of aliphatic hydroxyl groups is 2. The molecule has 14 heteroatoms. The molecule has 356 valence electrons. The van der Waals surface area contributed by atoms with E-state index in [9.17, 15) is 34.2 Å². The highest BCUT2D eigenvalue weighted by atomic mass is 16.7. The zero-order valence-electron chi connectivity index (χ0n) is 39.5. The van der Waals surface area contributed by atoms with Crippen LogP contribution in [0.2, 0.25) is 0 Å². The van der Waals surface area contributed by atoms with Crippen LogP contribution in [0.25, 0.3) is 0 Å². The number of allylic oxidation sites excluding steroid dienone is 4. The number of aliphatic hydroxyl groups excluding tert-OH is 1. The third-order valence-corrected chi connectivity index (χ3v) is 14.1. The van der Waals surface area contributed by atoms with Crippen LogP contribution in [0.1, 0.15) is 126 Å². The number of ketones is 2. The van der Waals surface area contributed by atoms with Crippen LogP contribution in [0, 0.1) is 35.5 Å². The van der Waals surface area contributed by atoms with Crippen molar-refractivity contribution in [3.8, 4) is 0 Å². The number of amides is 1. The Morgan fingerprint density at radius 2 is 1.63 bits per heavy atom. The topological polar surface area (TPSA) is 184 Å². The Hall–Kier alpha value is -3.27. The largest absolute Gasteiger partial charge is 0.459 e. The maximum atomic E-state index is 14.5. The SMILES string of the molecule is C=CC[C@@H]1/C=C(\C)C[C@H](C)C[C@H](OC)[C@H]2O[C@@](O)(C(=O)C(=O)N3CCCC[C@H]3C(=O)O[C@H](/C(C)=C/[C@@H]3CC[C@@H](OC(=O)C(C)CC)[C@H](OC)C3)[C@H](C)[C@@H](O)CC1=O)[C@H](C)C[C@@H]2OC. The summed E-state index contributed by atoms with van der Waals surface area (Å²) in [6.07, 6.45) is 5.59. The molecule has 3 heterocycles. The van der Waals surface area contributed by atoms with Crippen molar-refractivity contribution in [2.24, 2.45) is 35.5 Å². The lowest BCUT2D eigenvalue weighted by molar-refractivity contribution is -0.302. The van der Waals surface area contributed by atoms with E-state index in [4.69, 9.17) is 28.4 Å². The Morgan fingerprint density at radius 3 is 2.27 bits per heavy atom. The number of fused-ring (bicyclic) bond motifs is 3. The van der Waals surface area contributed by atoms with Gasteiger partial charge in [-0.3, -0.25) is 19.2 Å². The third-order valence-electron chi connectivity index (χ3n) is 14.1. The monoisotopic (exact) mass is 888 g/mol. The first-order chi connectivity index (χ1) is 29.8. The van der Waals surface area contributed by atoms with Crippen molar-refractivity contribution in [3.05, 3.63) is 36.0 Å². The fourth-order valence-electron chi connectivity index (χ4n) is 9.97. The van der Waals surface area contributed by atoms with Crippen molar-refractivity contribution in [1.29, 1.82) is 0 Å². The van der Waals surface area contributed by atoms with Gasteiger partial charge in [0.05, 0.1) is 30.3 Å². The molecule has 15 atom stereocenters. The van der Waals surface area contributed by atoms with Gasteiger partial charge in [0, 0.05) is 52.0 Å². The number of methoxy groups -OCH3 is 3. The molecule has 0 radical (unpaired) electrons. The molecule has 0 aromatic carbocycles. The highest BCUT2D eigenvalue weighted by molar-refractivity contribution is 6.39. The predicted octanol–water partition coefficient (Wildman–Crippen LogP) is 6.24. The summed E-state index contributed by atoms with van der Waals surface area (Å²) in [4.78, 5) is 71.0. The standard InChI is InChI=1S/C49H77NO13/c1-12-16-35-22-28(3)21-29(4)23-41(59-10)44-42(60-11)25-32(7)49(57,63-44)45(53)46(54)50-20-15-14-17-36(50)48(56)62-43(33(8)37(51)27-38(35)52)31(6)24-34-18-19-39(40(26-34)58-9)61-47(55)30(5)13-2/h12,22,24,29-30,32-37,39-44,51,57H,1,13-21,23,25-27H2,2-11H3/b28-22+,31-24+/t29-,30?,32+,33+,34-,35+,36-,37-,39+,40+,41-,42-,43+,44+,49+/m0/s1. The number of rotatable bonds is 10. The zero-order valence-corrected chi connectivity index (χ0v) is 39.5. The lowest BCUT2D eigenvalue weighted by atomic mass is 9.81. The van der Waals surface area contributed by atoms with E-state index in [-0.39, 0.29) is 61.4 Å². The quantitative estimate of drug-likeness (QED) is 0.143. The Balaban J connectivity index is 1.75. The van der Waals surface area contributed by atoms with Crippen LogP contribution < -0.4 is 0 Å². The molecule has 3 fully saturated rings. The summed E-state index contributed by atoms with van der Waals surface area (Å²) in [7, 11) is 4.64. The van der Waals surface area contributed by atoms with Gasteiger partial charge in [-0.2, -0.15) is 0 Å². The van der Waals surface area contributed by atoms with Crippen molar-refractivity contribution in [2.45, 2.75) is 180 Å². The van der Waals surface area contributed by atoms with E-state index in [1.165, 1.54) is 19.1 Å². The fourth-order valence-corrected chi connectivity index (χ4v) is 9.97. The first kappa shape index (κ1) is 52.4. The number of cyclic esters (lactones) is 1. The van der Waals surface area contributed by atoms with Crippen molar-refractivity contribution in [3.63, 3.8) is 0 Å². The first-order valence-electron chi connectivity index (χ1n) is 23.3. The van der Waals surface area contributed by atoms with Crippen molar-refractivity contribution >= 4 is 29.4 Å². The van der Waals surface area contributed by atoms with Crippen LogP contribution in [-0.2, 0) is 52.4 Å². The molecule has 4 aliphatic rings. The van der Waals surface area contributed by atoms with E-state index in [0.717, 1.165) is 5.57 Å². The summed E-state index contributed by atoms with van der Waals surface area (Å²) < 4.78 is 36.0. The molecule has 63 heavy (non-hydrogen) atoms. The second kappa shape index (κ2) is 23.8. The van der Waals surface area contributed by atoms with Crippen molar-refractivity contribution in [2.75, 3.05) is 27.9 Å². The normalized spacial score (nSPS) is 38.6. The molecule has 2 bridgehead atoms. The molecule has 14 nitrogen and oxygen atoms in total. The number of ether oxygens (including phenoxy) is 6. The maximum Gasteiger partial charge on any atom is 0.329 e. The van der Waals surface area contributed by atoms with E-state index in [1.54, 1.807) is 27.0 Å². The number of piperidine rings is 1. The van der Waals surface area contributed by atoms with E-state index in [1.807, 2.05) is 46.8 Å². The zero-order chi connectivity index (χ0) is 46.8. The summed E-state index contributed by atoms with van der Waals surface area (Å²) >= 11 is 0. The van der Waals surface area contributed by atoms with E-state index < -0.39 is 83.9 Å². The first-order valence-corrected chi connectivity index (χ1v) is 23.3. The average molecular weight is 888 g/mol. The summed E-state index contributed by atoms with van der Waals surface area (Å²) in [5.74, 6) is -8.42. The molecular weight excluding hydrogens is 811 g/mol.